The van der Waals surface area contributed by atoms with E-state index >= 15 is 0 Å². The minimum atomic E-state index is 0.667. The van der Waals surface area contributed by atoms with Gasteiger partial charge >= 0.3 is 0 Å². The summed E-state index contributed by atoms with van der Waals surface area (Å²) in [5.74, 6) is 1.03. The Kier molecular flexibility index (Phi) is 6.52. The fraction of sp³-hybridized carbons (Fsp3) is 0.667. The average Bonchev–Trinajstić information content (AvgIpc) is 3.32. The molecule has 1 aromatic rings. The molecule has 21 heavy (non-hydrogen) atoms. The van der Waals surface area contributed by atoms with Crippen LogP contribution >= 0.6 is 0 Å². The fourth-order valence-corrected chi connectivity index (χ4v) is 2.73. The summed E-state index contributed by atoms with van der Waals surface area (Å²) < 4.78 is 6.02. The summed E-state index contributed by atoms with van der Waals surface area (Å²) in [5, 5.41) is 3.56. The summed E-state index contributed by atoms with van der Waals surface area (Å²) in [6, 6.07) is 9.80. The average molecular weight is 290 g/mol. The smallest absolute Gasteiger partial charge is 0.123 e. The van der Waals surface area contributed by atoms with Crippen LogP contribution in [0.4, 0.5) is 0 Å². The van der Waals surface area contributed by atoms with Crippen LogP contribution in [0.5, 0.6) is 5.75 Å². The third kappa shape index (κ3) is 5.33. The van der Waals surface area contributed by atoms with Crippen molar-refractivity contribution in [3.05, 3.63) is 29.8 Å². The second-order valence-electron chi connectivity index (χ2n) is 6.06. The van der Waals surface area contributed by atoms with Gasteiger partial charge in [0.25, 0.3) is 0 Å². The van der Waals surface area contributed by atoms with Gasteiger partial charge in [0.15, 0.2) is 0 Å². The largest absolute Gasteiger partial charge is 0.492 e. The Morgan fingerprint density at radius 2 is 1.95 bits per heavy atom. The van der Waals surface area contributed by atoms with E-state index < -0.39 is 0 Å². The third-order valence-electron chi connectivity index (χ3n) is 4.40. The summed E-state index contributed by atoms with van der Waals surface area (Å²) in [7, 11) is 2.20. The normalized spacial score (nSPS) is 14.9. The summed E-state index contributed by atoms with van der Waals surface area (Å²) >= 11 is 0. The van der Waals surface area contributed by atoms with Crippen LogP contribution in [-0.2, 0) is 6.54 Å². The van der Waals surface area contributed by atoms with E-state index in [0.717, 1.165) is 31.5 Å². The van der Waals surface area contributed by atoms with Gasteiger partial charge in [-0.3, -0.25) is 0 Å². The molecule has 0 spiro atoms. The van der Waals surface area contributed by atoms with E-state index in [1.54, 1.807) is 0 Å². The molecule has 0 atom stereocenters. The molecule has 0 saturated heterocycles. The van der Waals surface area contributed by atoms with Crippen molar-refractivity contribution in [3.63, 3.8) is 0 Å². The maximum atomic E-state index is 6.02. The molecule has 0 aliphatic heterocycles. The predicted octanol–water partition coefficient (Wildman–Crippen LogP) is 3.44. The molecule has 1 aromatic carbocycles. The van der Waals surface area contributed by atoms with Crippen LogP contribution in [-0.4, -0.2) is 37.2 Å². The molecule has 1 N–H and O–H groups in total. The van der Waals surface area contributed by atoms with Gasteiger partial charge in [-0.2, -0.15) is 0 Å². The van der Waals surface area contributed by atoms with Gasteiger partial charge in [-0.05, 0) is 38.8 Å². The molecule has 0 amide bonds. The van der Waals surface area contributed by atoms with Crippen molar-refractivity contribution < 1.29 is 4.74 Å². The van der Waals surface area contributed by atoms with Gasteiger partial charge in [-0.1, -0.05) is 32.0 Å². The summed E-state index contributed by atoms with van der Waals surface area (Å²) in [6.45, 7) is 7.17. The zero-order valence-corrected chi connectivity index (χ0v) is 13.8. The van der Waals surface area contributed by atoms with E-state index in [-0.39, 0.29) is 0 Å². The standard InChI is InChI=1S/C18H30N2O/c1-4-17(5-2)20(3)12-13-21-18-9-7-6-8-15(18)14-19-16-10-11-16/h6-9,16-17,19H,4-5,10-14H2,1-3H3. The van der Waals surface area contributed by atoms with Crippen LogP contribution in [0.2, 0.25) is 0 Å². The molecular formula is C18H30N2O. The van der Waals surface area contributed by atoms with E-state index in [0.29, 0.717) is 6.04 Å². The first-order valence-electron chi connectivity index (χ1n) is 8.38. The van der Waals surface area contributed by atoms with Crippen LogP contribution in [0.15, 0.2) is 24.3 Å². The quantitative estimate of drug-likeness (QED) is 0.714. The van der Waals surface area contributed by atoms with Crippen molar-refractivity contribution in [1.29, 1.82) is 0 Å². The Labute approximate surface area is 129 Å². The van der Waals surface area contributed by atoms with Gasteiger partial charge in [0.2, 0.25) is 0 Å². The molecular weight excluding hydrogens is 260 g/mol. The van der Waals surface area contributed by atoms with Crippen LogP contribution in [0.3, 0.4) is 0 Å². The number of hydrogen-bond donors (Lipinski definition) is 1. The lowest BCUT2D eigenvalue weighted by molar-refractivity contribution is 0.183. The maximum absolute atomic E-state index is 6.02. The molecule has 1 aliphatic rings. The molecule has 1 aliphatic carbocycles. The molecule has 3 nitrogen and oxygen atoms in total. The minimum Gasteiger partial charge on any atom is -0.492 e. The van der Waals surface area contributed by atoms with Crippen molar-refractivity contribution in [3.8, 4) is 5.75 Å². The molecule has 0 aromatic heterocycles. The number of nitrogens with zero attached hydrogens (tertiary/aromatic N) is 1. The van der Waals surface area contributed by atoms with E-state index in [4.69, 9.17) is 4.74 Å². The molecule has 0 bridgehead atoms. The van der Waals surface area contributed by atoms with Crippen LogP contribution < -0.4 is 10.1 Å². The van der Waals surface area contributed by atoms with Crippen molar-refractivity contribution in [1.82, 2.24) is 10.2 Å². The van der Waals surface area contributed by atoms with Gasteiger partial charge in [-0.15, -0.1) is 0 Å². The monoisotopic (exact) mass is 290 g/mol. The van der Waals surface area contributed by atoms with E-state index in [1.807, 2.05) is 0 Å². The highest BCUT2D eigenvalue weighted by atomic mass is 16.5. The zero-order chi connectivity index (χ0) is 15.1. The second-order valence-corrected chi connectivity index (χ2v) is 6.06. The number of ether oxygens (including phenoxy) is 1. The summed E-state index contributed by atoms with van der Waals surface area (Å²) in [4.78, 5) is 2.41. The maximum Gasteiger partial charge on any atom is 0.123 e. The summed E-state index contributed by atoms with van der Waals surface area (Å²) in [5.41, 5.74) is 1.27. The molecule has 0 heterocycles. The lowest BCUT2D eigenvalue weighted by atomic mass is 10.1. The number of para-hydroxylation sites is 1. The van der Waals surface area contributed by atoms with E-state index in [2.05, 4.69) is 55.4 Å². The number of benzene rings is 1. The molecule has 3 heteroatoms. The number of rotatable bonds is 10. The van der Waals surface area contributed by atoms with E-state index in [9.17, 15) is 0 Å². The Hall–Kier alpha value is -1.06. The van der Waals surface area contributed by atoms with Crippen LogP contribution in [0.1, 0.15) is 45.1 Å². The topological polar surface area (TPSA) is 24.5 Å². The van der Waals surface area contributed by atoms with Gasteiger partial charge < -0.3 is 15.0 Å². The summed E-state index contributed by atoms with van der Waals surface area (Å²) in [6.07, 6.45) is 5.05. The SMILES string of the molecule is CCC(CC)N(C)CCOc1ccccc1CNC1CC1. The fourth-order valence-electron chi connectivity index (χ4n) is 2.73. The van der Waals surface area contributed by atoms with Crippen molar-refractivity contribution in [2.75, 3.05) is 20.2 Å². The lowest BCUT2D eigenvalue weighted by Crippen LogP contribution is -2.34. The predicted molar refractivity (Wildman–Crippen MR) is 88.8 cm³/mol. The molecule has 1 saturated carbocycles. The Morgan fingerprint density at radius 3 is 2.62 bits per heavy atom. The van der Waals surface area contributed by atoms with Crippen molar-refractivity contribution >= 4 is 0 Å². The third-order valence-corrected chi connectivity index (χ3v) is 4.40. The first-order valence-corrected chi connectivity index (χ1v) is 8.38. The minimum absolute atomic E-state index is 0.667. The van der Waals surface area contributed by atoms with Gasteiger partial charge in [0.05, 0.1) is 0 Å². The zero-order valence-electron chi connectivity index (χ0n) is 13.8. The van der Waals surface area contributed by atoms with E-state index in [1.165, 1.54) is 31.2 Å². The number of nitrogens with one attached hydrogen (secondary N) is 1. The van der Waals surface area contributed by atoms with Crippen LogP contribution in [0, 0.1) is 0 Å². The first-order chi connectivity index (χ1) is 10.2. The molecule has 2 rings (SSSR count). The molecule has 0 unspecified atom stereocenters. The Balaban J connectivity index is 1.79. The van der Waals surface area contributed by atoms with Gasteiger partial charge in [-0.25, -0.2) is 0 Å². The highest BCUT2D eigenvalue weighted by molar-refractivity contribution is 5.33. The van der Waals surface area contributed by atoms with Crippen LogP contribution in [0.25, 0.3) is 0 Å². The second kappa shape index (κ2) is 8.40. The van der Waals surface area contributed by atoms with Gasteiger partial charge in [0.1, 0.15) is 12.4 Å². The molecule has 118 valence electrons. The van der Waals surface area contributed by atoms with Crippen molar-refractivity contribution in [2.24, 2.45) is 0 Å². The first kappa shape index (κ1) is 16.3. The Morgan fingerprint density at radius 1 is 1.24 bits per heavy atom. The van der Waals surface area contributed by atoms with Crippen molar-refractivity contribution in [2.45, 2.75) is 58.2 Å². The lowest BCUT2D eigenvalue weighted by Gasteiger charge is -2.26. The van der Waals surface area contributed by atoms with Gasteiger partial charge in [0, 0.05) is 30.7 Å². The number of hydrogen-bond acceptors (Lipinski definition) is 3. The Bertz CT molecular complexity index is 413. The number of likely N-dealkylation sites (N-methyl/N-ethyl adjacent to an activating group) is 1. The highest BCUT2D eigenvalue weighted by Gasteiger charge is 2.20. The highest BCUT2D eigenvalue weighted by Crippen LogP contribution is 2.22. The molecule has 0 radical (unpaired) electrons. The molecule has 1 fully saturated rings.